The van der Waals surface area contributed by atoms with Crippen LogP contribution in [-0.4, -0.2) is 30.2 Å². The number of hydrogen-bond donors (Lipinski definition) is 2. The number of aliphatic carboxylic acids is 1. The highest BCUT2D eigenvalue weighted by atomic mass is 32.3. The summed E-state index contributed by atoms with van der Waals surface area (Å²) in [7, 11) is -4.59. The topological polar surface area (TPSA) is 101 Å². The minimum Gasteiger partial charge on any atom is -0.481 e. The van der Waals surface area contributed by atoms with Crippen molar-refractivity contribution in [2.75, 3.05) is 0 Å². The van der Waals surface area contributed by atoms with Gasteiger partial charge in [0.1, 0.15) is 0 Å². The van der Waals surface area contributed by atoms with Gasteiger partial charge in [-0.15, -0.1) is 0 Å². The van der Waals surface area contributed by atoms with Crippen molar-refractivity contribution in [2.24, 2.45) is 5.92 Å². The maximum absolute atomic E-state index is 10.6. The molecule has 0 spiro atoms. The predicted octanol–water partition coefficient (Wildman–Crippen LogP) is 2.40. The summed E-state index contributed by atoms with van der Waals surface area (Å²) in [5.41, 5.74) is 0. The predicted molar refractivity (Wildman–Crippen MR) is 69.1 cm³/mol. The van der Waals surface area contributed by atoms with Gasteiger partial charge in [0, 0.05) is 0 Å². The maximum atomic E-state index is 10.6. The molecule has 0 amide bonds. The second-order valence-electron chi connectivity index (χ2n) is 5.18. The van der Waals surface area contributed by atoms with E-state index in [-0.39, 0.29) is 0 Å². The Bertz CT molecular complexity index is 372. The van der Waals surface area contributed by atoms with E-state index < -0.39 is 28.9 Å². The second kappa shape index (κ2) is 7.81. The van der Waals surface area contributed by atoms with Gasteiger partial charge in [0.05, 0.1) is 12.5 Å². The Balaban J connectivity index is 2.32. The molecule has 1 rings (SSSR count). The van der Waals surface area contributed by atoms with Crippen molar-refractivity contribution in [3.05, 3.63) is 0 Å². The molecule has 0 aromatic carbocycles. The summed E-state index contributed by atoms with van der Waals surface area (Å²) in [5.74, 6) is -0.476. The average Bonchev–Trinajstić information content (AvgIpc) is 2.27. The third-order valence-electron chi connectivity index (χ3n) is 3.52. The fourth-order valence-corrected chi connectivity index (χ4v) is 3.17. The summed E-state index contributed by atoms with van der Waals surface area (Å²) in [4.78, 5) is 10.6. The van der Waals surface area contributed by atoms with Crippen molar-refractivity contribution in [3.63, 3.8) is 0 Å². The van der Waals surface area contributed by atoms with Gasteiger partial charge in [-0.2, -0.15) is 8.42 Å². The van der Waals surface area contributed by atoms with E-state index in [1.807, 2.05) is 0 Å². The van der Waals surface area contributed by atoms with Crippen molar-refractivity contribution in [1.82, 2.24) is 0 Å². The molecular formula is C12H22O6S. The average molecular weight is 294 g/mol. The van der Waals surface area contributed by atoms with Gasteiger partial charge in [-0.25, -0.2) is 4.18 Å². The molecule has 112 valence electrons. The zero-order valence-corrected chi connectivity index (χ0v) is 11.8. The molecule has 1 unspecified atom stereocenters. The van der Waals surface area contributed by atoms with Gasteiger partial charge in [-0.05, 0) is 12.3 Å². The quantitative estimate of drug-likeness (QED) is 0.667. The molecule has 1 aliphatic carbocycles. The second-order valence-corrected chi connectivity index (χ2v) is 6.23. The van der Waals surface area contributed by atoms with E-state index in [0.29, 0.717) is 12.3 Å². The number of hydrogen-bond acceptors (Lipinski definition) is 4. The van der Waals surface area contributed by atoms with Gasteiger partial charge in [0.25, 0.3) is 0 Å². The zero-order chi connectivity index (χ0) is 14.3. The lowest BCUT2D eigenvalue weighted by atomic mass is 9.85. The lowest BCUT2D eigenvalue weighted by Gasteiger charge is -2.22. The highest BCUT2D eigenvalue weighted by Gasteiger charge is 2.21. The lowest BCUT2D eigenvalue weighted by Crippen LogP contribution is -2.21. The fraction of sp³-hybridized carbons (Fsp3) is 0.917. The van der Waals surface area contributed by atoms with E-state index in [1.54, 1.807) is 0 Å². The van der Waals surface area contributed by atoms with E-state index in [4.69, 9.17) is 9.66 Å². The SMILES string of the molecule is O=C(O)CC(CCCC1CCCCC1)OS(=O)(=O)O. The Morgan fingerprint density at radius 3 is 2.42 bits per heavy atom. The number of carboxylic acids is 1. The van der Waals surface area contributed by atoms with Crippen molar-refractivity contribution in [2.45, 2.75) is 63.9 Å². The Hall–Kier alpha value is -0.660. The van der Waals surface area contributed by atoms with Crippen molar-refractivity contribution >= 4 is 16.4 Å². The van der Waals surface area contributed by atoms with Crippen LogP contribution in [0, 0.1) is 5.92 Å². The molecule has 0 heterocycles. The van der Waals surface area contributed by atoms with Gasteiger partial charge in [0.2, 0.25) is 0 Å². The van der Waals surface area contributed by atoms with Gasteiger partial charge in [0.15, 0.2) is 0 Å². The third kappa shape index (κ3) is 8.18. The Labute approximate surface area is 114 Å². The van der Waals surface area contributed by atoms with Crippen LogP contribution in [0.2, 0.25) is 0 Å². The largest absolute Gasteiger partial charge is 0.481 e. The maximum Gasteiger partial charge on any atom is 0.397 e. The molecule has 19 heavy (non-hydrogen) atoms. The molecule has 1 aliphatic rings. The molecule has 0 saturated heterocycles. The molecule has 1 saturated carbocycles. The van der Waals surface area contributed by atoms with Crippen molar-refractivity contribution < 1.29 is 27.1 Å². The molecule has 0 aliphatic heterocycles. The standard InChI is InChI=1S/C12H22O6S/c13-12(14)9-11(18-19(15,16)17)8-4-7-10-5-2-1-3-6-10/h10-11H,1-9H2,(H,13,14)(H,15,16,17). The molecule has 7 heteroatoms. The Morgan fingerprint density at radius 2 is 1.89 bits per heavy atom. The summed E-state index contributed by atoms with van der Waals surface area (Å²) >= 11 is 0. The number of carbonyl (C=O) groups is 1. The van der Waals surface area contributed by atoms with Crippen LogP contribution in [0.5, 0.6) is 0 Å². The molecule has 0 aromatic rings. The van der Waals surface area contributed by atoms with Crippen LogP contribution in [0.25, 0.3) is 0 Å². The molecule has 0 aromatic heterocycles. The zero-order valence-electron chi connectivity index (χ0n) is 11.0. The Kier molecular flexibility index (Phi) is 6.74. The minimum atomic E-state index is -4.59. The smallest absolute Gasteiger partial charge is 0.397 e. The van der Waals surface area contributed by atoms with Crippen LogP contribution >= 0.6 is 0 Å². The van der Waals surface area contributed by atoms with E-state index in [9.17, 15) is 13.2 Å². The number of rotatable bonds is 8. The monoisotopic (exact) mass is 294 g/mol. The highest BCUT2D eigenvalue weighted by Crippen LogP contribution is 2.28. The minimum absolute atomic E-state index is 0.336. The van der Waals surface area contributed by atoms with E-state index >= 15 is 0 Å². The summed E-state index contributed by atoms with van der Waals surface area (Å²) < 4.78 is 34.2. The number of carboxylic acid groups (broad SMARTS) is 1. The summed E-state index contributed by atoms with van der Waals surface area (Å²) in [5, 5.41) is 8.67. The van der Waals surface area contributed by atoms with Crippen LogP contribution in [0.4, 0.5) is 0 Å². The third-order valence-corrected chi connectivity index (χ3v) is 4.04. The van der Waals surface area contributed by atoms with E-state index in [1.165, 1.54) is 32.1 Å². The van der Waals surface area contributed by atoms with Crippen molar-refractivity contribution in [1.29, 1.82) is 0 Å². The highest BCUT2D eigenvalue weighted by molar-refractivity contribution is 7.80. The van der Waals surface area contributed by atoms with E-state index in [2.05, 4.69) is 4.18 Å². The molecule has 0 bridgehead atoms. The molecule has 1 fully saturated rings. The van der Waals surface area contributed by atoms with Crippen LogP contribution in [0.3, 0.4) is 0 Å². The lowest BCUT2D eigenvalue weighted by molar-refractivity contribution is -0.138. The molecule has 1 atom stereocenters. The van der Waals surface area contributed by atoms with Crippen LogP contribution < -0.4 is 0 Å². The van der Waals surface area contributed by atoms with Gasteiger partial charge in [-0.3, -0.25) is 9.35 Å². The van der Waals surface area contributed by atoms with Gasteiger partial charge in [-0.1, -0.05) is 44.9 Å². The molecular weight excluding hydrogens is 272 g/mol. The van der Waals surface area contributed by atoms with Crippen molar-refractivity contribution in [3.8, 4) is 0 Å². The summed E-state index contributed by atoms with van der Waals surface area (Å²) in [6, 6.07) is 0. The van der Waals surface area contributed by atoms with E-state index in [0.717, 1.165) is 12.8 Å². The van der Waals surface area contributed by atoms with Crippen LogP contribution in [0.15, 0.2) is 0 Å². The van der Waals surface area contributed by atoms with Crippen LogP contribution in [0.1, 0.15) is 57.8 Å². The summed E-state index contributed by atoms with van der Waals surface area (Å²) in [6.07, 6.45) is 6.79. The Morgan fingerprint density at radius 1 is 1.26 bits per heavy atom. The molecule has 2 N–H and O–H groups in total. The van der Waals surface area contributed by atoms with Crippen LogP contribution in [-0.2, 0) is 19.4 Å². The normalized spacial score (nSPS) is 19.2. The fourth-order valence-electron chi connectivity index (χ4n) is 2.66. The first-order valence-corrected chi connectivity index (χ1v) is 8.11. The molecule has 6 nitrogen and oxygen atoms in total. The molecule has 0 radical (unpaired) electrons. The first-order chi connectivity index (χ1) is 8.87. The van der Waals surface area contributed by atoms with Gasteiger partial charge < -0.3 is 5.11 Å². The first kappa shape index (κ1) is 16.4. The first-order valence-electron chi connectivity index (χ1n) is 6.74. The summed E-state index contributed by atoms with van der Waals surface area (Å²) in [6.45, 7) is 0. The van der Waals surface area contributed by atoms with Gasteiger partial charge >= 0.3 is 16.4 Å².